The molecular weight excluding hydrogens is 336 g/mol. The Hall–Kier alpha value is -2.63. The number of benzene rings is 1. The van der Waals surface area contributed by atoms with Gasteiger partial charge < -0.3 is 4.74 Å². The molecule has 0 radical (unpaired) electrons. The van der Waals surface area contributed by atoms with Gasteiger partial charge in [0, 0.05) is 42.8 Å². The van der Waals surface area contributed by atoms with E-state index in [1.807, 2.05) is 24.5 Å². The monoisotopic (exact) mass is 358 g/mol. The van der Waals surface area contributed by atoms with Gasteiger partial charge in [-0.3, -0.25) is 9.88 Å². The van der Waals surface area contributed by atoms with Crippen molar-refractivity contribution in [3.8, 4) is 11.4 Å². The van der Waals surface area contributed by atoms with Crippen molar-refractivity contribution in [2.45, 2.75) is 25.0 Å². The van der Waals surface area contributed by atoms with Crippen molar-refractivity contribution in [1.29, 1.82) is 0 Å². The predicted octanol–water partition coefficient (Wildman–Crippen LogP) is 3.21. The number of aromatic nitrogens is 3. The molecule has 4 heterocycles. The summed E-state index contributed by atoms with van der Waals surface area (Å²) >= 11 is 0. The summed E-state index contributed by atoms with van der Waals surface area (Å²) in [7, 11) is 0. The van der Waals surface area contributed by atoms with Crippen LogP contribution in [0.3, 0.4) is 0 Å². The summed E-state index contributed by atoms with van der Waals surface area (Å²) in [6, 6.07) is 14.6. The molecule has 5 rings (SSSR count). The molecule has 0 aliphatic carbocycles. The zero-order valence-electron chi connectivity index (χ0n) is 15.2. The maximum absolute atomic E-state index is 5.96. The number of fused-ring (bicyclic) bond motifs is 2. The van der Waals surface area contributed by atoms with Crippen LogP contribution >= 0.6 is 0 Å². The molecule has 3 aromatic rings. The first-order valence-electron chi connectivity index (χ1n) is 9.43. The first-order chi connectivity index (χ1) is 13.3. The van der Waals surface area contributed by atoms with Gasteiger partial charge in [0.1, 0.15) is 0 Å². The Morgan fingerprint density at radius 1 is 1.07 bits per heavy atom. The number of pyridine rings is 1. The van der Waals surface area contributed by atoms with E-state index < -0.39 is 0 Å². The van der Waals surface area contributed by atoms with E-state index in [2.05, 4.69) is 45.2 Å². The van der Waals surface area contributed by atoms with Crippen molar-refractivity contribution in [2.75, 3.05) is 19.7 Å². The van der Waals surface area contributed by atoms with Crippen LogP contribution in [0, 0.1) is 0 Å². The van der Waals surface area contributed by atoms with Crippen LogP contribution in [0.4, 0.5) is 0 Å². The van der Waals surface area contributed by atoms with Crippen LogP contribution in [0.1, 0.15) is 23.2 Å². The van der Waals surface area contributed by atoms with Gasteiger partial charge in [0.05, 0.1) is 24.3 Å². The zero-order valence-corrected chi connectivity index (χ0v) is 15.2. The average molecular weight is 358 g/mol. The van der Waals surface area contributed by atoms with E-state index >= 15 is 0 Å². The minimum absolute atomic E-state index is 0.0394. The molecule has 0 saturated carbocycles. The Labute approximate surface area is 159 Å². The Morgan fingerprint density at radius 3 is 2.85 bits per heavy atom. The lowest BCUT2D eigenvalue weighted by molar-refractivity contribution is 0.0503. The molecule has 0 N–H and O–H groups in total. The van der Waals surface area contributed by atoms with Crippen molar-refractivity contribution in [2.24, 2.45) is 0 Å². The first kappa shape index (κ1) is 16.5. The standard InChI is InChI=1S/C22H22N4O/c1-2-5-17(6-3-1)13-26-10-8-22(15-26)16-27-14-19-12-24-21(25-20(19)22)18-7-4-9-23-11-18/h1-7,9,11-12H,8,10,13-16H2/t22-/m1/s1. The summed E-state index contributed by atoms with van der Waals surface area (Å²) < 4.78 is 5.96. The topological polar surface area (TPSA) is 51.1 Å². The second kappa shape index (κ2) is 6.83. The van der Waals surface area contributed by atoms with Crippen LogP contribution < -0.4 is 0 Å². The molecular formula is C22H22N4O. The number of nitrogens with zero attached hydrogens (tertiary/aromatic N) is 4. The lowest BCUT2D eigenvalue weighted by Gasteiger charge is -2.34. The molecule has 0 amide bonds. The summed E-state index contributed by atoms with van der Waals surface area (Å²) in [6.07, 6.45) is 6.60. The highest BCUT2D eigenvalue weighted by Crippen LogP contribution is 2.39. The Morgan fingerprint density at radius 2 is 2.00 bits per heavy atom. The molecule has 1 aromatic carbocycles. The number of likely N-dealkylation sites (tertiary alicyclic amines) is 1. The lowest BCUT2D eigenvalue weighted by Crippen LogP contribution is -2.40. The van der Waals surface area contributed by atoms with Gasteiger partial charge in [0.25, 0.3) is 0 Å². The summed E-state index contributed by atoms with van der Waals surface area (Å²) in [5.74, 6) is 0.754. The molecule has 1 spiro atoms. The molecule has 136 valence electrons. The van der Waals surface area contributed by atoms with Gasteiger partial charge in [-0.25, -0.2) is 9.97 Å². The second-order valence-corrected chi connectivity index (χ2v) is 7.53. The maximum Gasteiger partial charge on any atom is 0.160 e. The van der Waals surface area contributed by atoms with E-state index in [1.165, 1.54) is 5.56 Å². The minimum atomic E-state index is -0.0394. The summed E-state index contributed by atoms with van der Waals surface area (Å²) in [6.45, 7) is 4.33. The SMILES string of the molecule is c1ccc(CN2CC[C@]3(COCc4cnc(-c5cccnc5)nc43)C2)cc1. The van der Waals surface area contributed by atoms with Crippen LogP contribution in [0.5, 0.6) is 0 Å². The second-order valence-electron chi connectivity index (χ2n) is 7.53. The molecule has 5 nitrogen and oxygen atoms in total. The van der Waals surface area contributed by atoms with E-state index in [4.69, 9.17) is 9.72 Å². The summed E-state index contributed by atoms with van der Waals surface area (Å²) in [4.78, 5) is 16.3. The van der Waals surface area contributed by atoms with Crippen molar-refractivity contribution in [3.63, 3.8) is 0 Å². The average Bonchev–Trinajstić information content (AvgIpc) is 3.12. The molecule has 2 aliphatic heterocycles. The maximum atomic E-state index is 5.96. The molecule has 2 aromatic heterocycles. The van der Waals surface area contributed by atoms with Gasteiger partial charge in [-0.2, -0.15) is 0 Å². The normalized spacial score (nSPS) is 22.1. The van der Waals surface area contributed by atoms with Crippen LogP contribution in [-0.4, -0.2) is 39.5 Å². The largest absolute Gasteiger partial charge is 0.376 e. The van der Waals surface area contributed by atoms with Crippen molar-refractivity contribution < 1.29 is 4.74 Å². The van der Waals surface area contributed by atoms with Crippen LogP contribution in [-0.2, 0) is 23.3 Å². The van der Waals surface area contributed by atoms with Gasteiger partial charge in [-0.15, -0.1) is 0 Å². The molecule has 5 heteroatoms. The van der Waals surface area contributed by atoms with E-state index in [9.17, 15) is 0 Å². The highest BCUT2D eigenvalue weighted by molar-refractivity contribution is 5.54. The van der Waals surface area contributed by atoms with Gasteiger partial charge in [0.2, 0.25) is 0 Å². The number of hydrogen-bond donors (Lipinski definition) is 0. The van der Waals surface area contributed by atoms with Gasteiger partial charge in [-0.1, -0.05) is 30.3 Å². The highest BCUT2D eigenvalue weighted by atomic mass is 16.5. The third kappa shape index (κ3) is 3.13. The number of ether oxygens (including phenoxy) is 1. The Kier molecular flexibility index (Phi) is 4.19. The molecule has 0 unspecified atom stereocenters. The molecule has 1 saturated heterocycles. The van der Waals surface area contributed by atoms with Crippen molar-refractivity contribution in [3.05, 3.63) is 77.9 Å². The number of rotatable bonds is 3. The Balaban J connectivity index is 1.45. The summed E-state index contributed by atoms with van der Waals surface area (Å²) in [5, 5.41) is 0. The van der Waals surface area contributed by atoms with Crippen LogP contribution in [0.25, 0.3) is 11.4 Å². The highest BCUT2D eigenvalue weighted by Gasteiger charge is 2.44. The summed E-state index contributed by atoms with van der Waals surface area (Å²) in [5.41, 5.74) is 4.56. The quantitative estimate of drug-likeness (QED) is 0.720. The molecule has 2 aliphatic rings. The fourth-order valence-corrected chi connectivity index (χ4v) is 4.28. The molecule has 0 bridgehead atoms. The van der Waals surface area contributed by atoms with E-state index in [0.717, 1.165) is 55.3 Å². The third-order valence-electron chi connectivity index (χ3n) is 5.60. The van der Waals surface area contributed by atoms with Gasteiger partial charge >= 0.3 is 0 Å². The smallest absolute Gasteiger partial charge is 0.160 e. The van der Waals surface area contributed by atoms with Gasteiger partial charge in [-0.05, 0) is 30.7 Å². The Bertz CT molecular complexity index is 932. The minimum Gasteiger partial charge on any atom is -0.376 e. The van der Waals surface area contributed by atoms with E-state index in [0.29, 0.717) is 6.61 Å². The fraction of sp³-hybridized carbons (Fsp3) is 0.318. The van der Waals surface area contributed by atoms with Crippen molar-refractivity contribution in [1.82, 2.24) is 19.9 Å². The third-order valence-corrected chi connectivity index (χ3v) is 5.60. The zero-order chi connectivity index (χ0) is 18.1. The molecule has 1 fully saturated rings. The van der Waals surface area contributed by atoms with Crippen molar-refractivity contribution >= 4 is 0 Å². The van der Waals surface area contributed by atoms with Crippen LogP contribution in [0.15, 0.2) is 61.1 Å². The van der Waals surface area contributed by atoms with Gasteiger partial charge in [0.15, 0.2) is 5.82 Å². The van der Waals surface area contributed by atoms with E-state index in [1.54, 1.807) is 6.20 Å². The fourth-order valence-electron chi connectivity index (χ4n) is 4.28. The lowest BCUT2D eigenvalue weighted by atomic mass is 9.80. The first-order valence-corrected chi connectivity index (χ1v) is 9.43. The van der Waals surface area contributed by atoms with E-state index in [-0.39, 0.29) is 5.41 Å². The number of hydrogen-bond acceptors (Lipinski definition) is 5. The molecule has 1 atom stereocenters. The predicted molar refractivity (Wildman–Crippen MR) is 103 cm³/mol. The van der Waals surface area contributed by atoms with Crippen LogP contribution in [0.2, 0.25) is 0 Å². The molecule has 27 heavy (non-hydrogen) atoms.